The van der Waals surface area contributed by atoms with E-state index in [9.17, 15) is 4.79 Å². The fourth-order valence-electron chi connectivity index (χ4n) is 1.88. The summed E-state index contributed by atoms with van der Waals surface area (Å²) in [4.78, 5) is 18.3. The molecule has 0 aromatic carbocycles. The average Bonchev–Trinajstić information content (AvgIpc) is 2.89. The van der Waals surface area contributed by atoms with E-state index in [0.717, 1.165) is 5.69 Å². The van der Waals surface area contributed by atoms with Crippen molar-refractivity contribution < 1.29 is 9.53 Å². The normalized spacial score (nSPS) is 10.5. The van der Waals surface area contributed by atoms with E-state index in [1.54, 1.807) is 30.5 Å². The van der Waals surface area contributed by atoms with Crippen LogP contribution < -0.4 is 5.73 Å². The molecule has 0 spiro atoms. The molecule has 0 aliphatic heterocycles. The van der Waals surface area contributed by atoms with E-state index in [4.69, 9.17) is 10.5 Å². The highest BCUT2D eigenvalue weighted by atomic mass is 16.5. The van der Waals surface area contributed by atoms with Crippen LogP contribution in [0.15, 0.2) is 36.7 Å². The lowest BCUT2D eigenvalue weighted by Gasteiger charge is -2.22. The van der Waals surface area contributed by atoms with Crippen molar-refractivity contribution in [2.24, 2.45) is 0 Å². The van der Waals surface area contributed by atoms with Gasteiger partial charge >= 0.3 is 0 Å². The first-order valence-corrected chi connectivity index (χ1v) is 6.64. The summed E-state index contributed by atoms with van der Waals surface area (Å²) in [5.41, 5.74) is 6.38. The first kappa shape index (κ1) is 15.0. The molecule has 0 saturated carbocycles. The Bertz CT molecular complexity index is 570. The van der Waals surface area contributed by atoms with Crippen LogP contribution in [0.4, 0.5) is 5.82 Å². The summed E-state index contributed by atoms with van der Waals surface area (Å²) >= 11 is 0. The third kappa shape index (κ3) is 4.57. The number of nitrogen functional groups attached to an aromatic ring is 1. The fraction of sp³-hybridized carbons (Fsp3) is 0.357. The maximum absolute atomic E-state index is 12.4. The first-order chi connectivity index (χ1) is 10.2. The number of carbonyl (C=O) groups is 1. The molecule has 0 atom stereocenters. The largest absolute Gasteiger partial charge is 0.383 e. The summed E-state index contributed by atoms with van der Waals surface area (Å²) in [7, 11) is 1.61. The highest BCUT2D eigenvalue weighted by Crippen LogP contribution is 2.04. The Morgan fingerprint density at radius 3 is 2.90 bits per heavy atom. The molecule has 1 amide bonds. The number of carbonyl (C=O) groups excluding carboxylic acids is 1. The molecule has 0 aliphatic rings. The molecular formula is C14H19N5O2. The third-order valence-corrected chi connectivity index (χ3v) is 2.96. The minimum atomic E-state index is -0.0548. The molecule has 0 bridgehead atoms. The van der Waals surface area contributed by atoms with Gasteiger partial charge in [0.2, 0.25) is 5.91 Å². The Labute approximate surface area is 123 Å². The van der Waals surface area contributed by atoms with Crippen molar-refractivity contribution in [2.45, 2.75) is 13.1 Å². The van der Waals surface area contributed by atoms with Crippen LogP contribution in [0, 0.1) is 0 Å². The number of hydrogen-bond acceptors (Lipinski definition) is 5. The van der Waals surface area contributed by atoms with Gasteiger partial charge in [0.25, 0.3) is 0 Å². The van der Waals surface area contributed by atoms with E-state index >= 15 is 0 Å². The molecule has 0 radical (unpaired) electrons. The molecule has 2 aromatic rings. The number of aromatic nitrogens is 3. The van der Waals surface area contributed by atoms with Gasteiger partial charge in [-0.1, -0.05) is 6.07 Å². The molecule has 112 valence electrons. The second-order valence-electron chi connectivity index (χ2n) is 4.57. The van der Waals surface area contributed by atoms with Gasteiger partial charge in [-0.3, -0.25) is 14.5 Å². The van der Waals surface area contributed by atoms with Crippen molar-refractivity contribution in [1.29, 1.82) is 0 Å². The van der Waals surface area contributed by atoms with Crippen molar-refractivity contribution in [3.63, 3.8) is 0 Å². The molecule has 7 heteroatoms. The number of ether oxygens (including phenoxy) is 1. The number of nitrogens with two attached hydrogens (primary N) is 1. The Balaban J connectivity index is 2.02. The van der Waals surface area contributed by atoms with Crippen LogP contribution in [0.25, 0.3) is 0 Å². The van der Waals surface area contributed by atoms with Crippen molar-refractivity contribution in [1.82, 2.24) is 19.7 Å². The van der Waals surface area contributed by atoms with Gasteiger partial charge in [-0.05, 0) is 18.2 Å². The van der Waals surface area contributed by atoms with Gasteiger partial charge in [-0.25, -0.2) is 0 Å². The zero-order valence-corrected chi connectivity index (χ0v) is 12.0. The molecular weight excluding hydrogens is 270 g/mol. The van der Waals surface area contributed by atoms with Crippen LogP contribution in [0.1, 0.15) is 5.69 Å². The van der Waals surface area contributed by atoms with E-state index in [1.165, 1.54) is 4.68 Å². The van der Waals surface area contributed by atoms with Gasteiger partial charge < -0.3 is 15.4 Å². The van der Waals surface area contributed by atoms with Crippen molar-refractivity contribution in [3.05, 3.63) is 42.4 Å². The maximum atomic E-state index is 12.4. The second-order valence-corrected chi connectivity index (χ2v) is 4.57. The number of pyridine rings is 1. The summed E-state index contributed by atoms with van der Waals surface area (Å²) in [5.74, 6) is 0.344. The summed E-state index contributed by atoms with van der Waals surface area (Å²) in [6.45, 7) is 1.57. The van der Waals surface area contributed by atoms with Crippen LogP contribution in [0.5, 0.6) is 0 Å². The average molecular weight is 289 g/mol. The third-order valence-electron chi connectivity index (χ3n) is 2.96. The van der Waals surface area contributed by atoms with Gasteiger partial charge in [0.05, 0.1) is 18.8 Å². The highest BCUT2D eigenvalue weighted by Gasteiger charge is 2.15. The van der Waals surface area contributed by atoms with E-state index in [2.05, 4.69) is 10.1 Å². The zero-order chi connectivity index (χ0) is 15.1. The number of hydrogen-bond donors (Lipinski definition) is 1. The minimum absolute atomic E-state index is 0.0548. The summed E-state index contributed by atoms with van der Waals surface area (Å²) in [6, 6.07) is 7.29. The molecule has 7 nitrogen and oxygen atoms in total. The molecule has 2 rings (SSSR count). The maximum Gasteiger partial charge on any atom is 0.244 e. The Kier molecular flexibility index (Phi) is 5.28. The van der Waals surface area contributed by atoms with Crippen molar-refractivity contribution >= 4 is 11.7 Å². The van der Waals surface area contributed by atoms with E-state index in [0.29, 0.717) is 25.5 Å². The molecule has 0 aliphatic carbocycles. The Hall–Kier alpha value is -2.41. The monoisotopic (exact) mass is 289 g/mol. The molecule has 0 fully saturated rings. The summed E-state index contributed by atoms with van der Waals surface area (Å²) in [5, 5.41) is 4.02. The predicted octanol–water partition coefficient (Wildman–Crippen LogP) is 0.535. The molecule has 21 heavy (non-hydrogen) atoms. The predicted molar refractivity (Wildman–Crippen MR) is 78.2 cm³/mol. The van der Waals surface area contributed by atoms with Crippen molar-refractivity contribution in [2.75, 3.05) is 26.0 Å². The standard InChI is InChI=1S/C14H19N5O2/c1-21-9-8-18(10-12-4-2-3-6-16-12)14(20)11-19-7-5-13(15)17-19/h2-7H,8-11H2,1H3,(H2,15,17). The second kappa shape index (κ2) is 7.39. The van der Waals surface area contributed by atoms with E-state index in [-0.39, 0.29) is 12.5 Å². The fourth-order valence-corrected chi connectivity index (χ4v) is 1.88. The number of rotatable bonds is 7. The number of nitrogens with zero attached hydrogens (tertiary/aromatic N) is 4. The van der Waals surface area contributed by atoms with Crippen molar-refractivity contribution in [3.8, 4) is 0 Å². The highest BCUT2D eigenvalue weighted by molar-refractivity contribution is 5.75. The van der Waals surface area contributed by atoms with Gasteiger partial charge in [0.15, 0.2) is 0 Å². The lowest BCUT2D eigenvalue weighted by atomic mass is 10.3. The van der Waals surface area contributed by atoms with Crippen LogP contribution in [0.3, 0.4) is 0 Å². The van der Waals surface area contributed by atoms with Crippen LogP contribution >= 0.6 is 0 Å². The van der Waals surface area contributed by atoms with Gasteiger partial charge in [0.1, 0.15) is 12.4 Å². The first-order valence-electron chi connectivity index (χ1n) is 6.64. The van der Waals surface area contributed by atoms with Gasteiger partial charge in [-0.2, -0.15) is 5.10 Å². The lowest BCUT2D eigenvalue weighted by Crippen LogP contribution is -2.36. The summed E-state index contributed by atoms with van der Waals surface area (Å²) < 4.78 is 6.58. The smallest absolute Gasteiger partial charge is 0.244 e. The molecule has 2 heterocycles. The number of methoxy groups -OCH3 is 1. The van der Waals surface area contributed by atoms with Crippen LogP contribution in [0.2, 0.25) is 0 Å². The Morgan fingerprint density at radius 2 is 2.29 bits per heavy atom. The Morgan fingerprint density at radius 1 is 1.43 bits per heavy atom. The summed E-state index contributed by atoms with van der Waals surface area (Å²) in [6.07, 6.45) is 3.39. The molecule has 2 aromatic heterocycles. The minimum Gasteiger partial charge on any atom is -0.383 e. The zero-order valence-electron chi connectivity index (χ0n) is 12.0. The molecule has 0 saturated heterocycles. The molecule has 2 N–H and O–H groups in total. The van der Waals surface area contributed by atoms with E-state index in [1.807, 2.05) is 18.2 Å². The van der Waals surface area contributed by atoms with Gasteiger partial charge in [0, 0.05) is 26.0 Å². The quantitative estimate of drug-likeness (QED) is 0.803. The lowest BCUT2D eigenvalue weighted by molar-refractivity contribution is -0.133. The van der Waals surface area contributed by atoms with Gasteiger partial charge in [-0.15, -0.1) is 0 Å². The topological polar surface area (TPSA) is 86.3 Å². The number of amides is 1. The SMILES string of the molecule is COCCN(Cc1ccccn1)C(=O)Cn1ccc(N)n1. The van der Waals surface area contributed by atoms with Crippen LogP contribution in [-0.2, 0) is 22.6 Å². The van der Waals surface area contributed by atoms with Crippen LogP contribution in [-0.4, -0.2) is 45.8 Å². The molecule has 0 unspecified atom stereocenters. The number of anilines is 1. The van der Waals surface area contributed by atoms with E-state index < -0.39 is 0 Å².